The Morgan fingerprint density at radius 1 is 1.11 bits per heavy atom. The van der Waals surface area contributed by atoms with E-state index in [1.807, 2.05) is 47.0 Å². The van der Waals surface area contributed by atoms with E-state index in [4.69, 9.17) is 4.74 Å². The van der Waals surface area contributed by atoms with E-state index < -0.39 is 0 Å². The molecule has 0 amide bonds. The van der Waals surface area contributed by atoms with E-state index in [1.54, 1.807) is 0 Å². The maximum absolute atomic E-state index is 11.7. The molecular weight excluding hydrogens is 316 g/mol. The van der Waals surface area contributed by atoms with Crippen molar-refractivity contribution < 1.29 is 9.53 Å². The Labute approximate surface area is 131 Å². The van der Waals surface area contributed by atoms with Crippen LogP contribution in [-0.4, -0.2) is 28.4 Å². The third-order valence-corrected chi connectivity index (χ3v) is 10.5. The summed E-state index contributed by atoms with van der Waals surface area (Å²) in [4.78, 5) is 11.7. The molecular formula is C13H18O2S4. The van der Waals surface area contributed by atoms with Gasteiger partial charge >= 0.3 is 5.97 Å². The van der Waals surface area contributed by atoms with E-state index in [-0.39, 0.29) is 28.4 Å². The molecule has 4 aliphatic rings. The van der Waals surface area contributed by atoms with Crippen molar-refractivity contribution in [2.24, 2.45) is 0 Å². The Morgan fingerprint density at radius 3 is 1.89 bits per heavy atom. The molecule has 0 unspecified atom stereocenters. The lowest BCUT2D eigenvalue weighted by atomic mass is 10.1. The van der Waals surface area contributed by atoms with E-state index in [1.165, 1.54) is 12.5 Å². The first kappa shape index (κ1) is 14.5. The van der Waals surface area contributed by atoms with Gasteiger partial charge in [-0.25, -0.2) is 4.79 Å². The van der Waals surface area contributed by atoms with Gasteiger partial charge in [0.15, 0.2) is 0 Å². The van der Waals surface area contributed by atoms with Crippen molar-refractivity contribution >= 4 is 53.0 Å². The van der Waals surface area contributed by atoms with Crippen LogP contribution in [0.4, 0.5) is 0 Å². The van der Waals surface area contributed by atoms with Gasteiger partial charge in [-0.2, -0.15) is 0 Å². The van der Waals surface area contributed by atoms with Crippen molar-refractivity contribution in [3.05, 3.63) is 12.7 Å². The average molecular weight is 335 g/mol. The van der Waals surface area contributed by atoms with Crippen LogP contribution in [0.25, 0.3) is 0 Å². The van der Waals surface area contributed by atoms with Crippen LogP contribution >= 0.6 is 47.0 Å². The van der Waals surface area contributed by atoms with E-state index in [0.717, 1.165) is 0 Å². The Morgan fingerprint density at radius 2 is 1.53 bits per heavy atom. The normalized spacial score (nSPS) is 55.1. The monoisotopic (exact) mass is 334 g/mol. The van der Waals surface area contributed by atoms with Crippen LogP contribution in [0.1, 0.15) is 34.1 Å². The predicted octanol–water partition coefficient (Wildman–Crippen LogP) is 4.31. The number of thioether (sulfide) groups is 4. The molecule has 0 aliphatic carbocycles. The summed E-state index contributed by atoms with van der Waals surface area (Å²) >= 11 is 7.88. The molecule has 0 saturated carbocycles. The summed E-state index contributed by atoms with van der Waals surface area (Å²) in [5.74, 6) is -0.308. The highest BCUT2D eigenvalue weighted by atomic mass is 32.3. The first-order valence-electron chi connectivity index (χ1n) is 6.26. The maximum atomic E-state index is 11.7. The molecule has 4 fully saturated rings. The topological polar surface area (TPSA) is 26.3 Å². The predicted molar refractivity (Wildman–Crippen MR) is 88.7 cm³/mol. The van der Waals surface area contributed by atoms with Crippen LogP contribution in [0.3, 0.4) is 0 Å². The van der Waals surface area contributed by atoms with E-state index in [0.29, 0.717) is 0 Å². The fraction of sp³-hybridized carbons (Fsp3) is 0.769. The van der Waals surface area contributed by atoms with Crippen LogP contribution in [0, 0.1) is 0 Å². The lowest BCUT2D eigenvalue weighted by Crippen LogP contribution is -2.66. The standard InChI is InChI=1S/C13H18O2S4/c1-6-8(14)15-9-12(4)16-10(2)7-11(3,18-12)19-13(9,5)17-10/h6,9H,1,7H2,2-5H3. The second-order valence-corrected chi connectivity index (χ2v) is 14.8. The van der Waals surface area contributed by atoms with Crippen LogP contribution in [0.5, 0.6) is 0 Å². The number of esters is 1. The molecule has 6 heteroatoms. The molecule has 0 aromatic rings. The number of rotatable bonds is 2. The Hall–Kier alpha value is 0.610. The smallest absolute Gasteiger partial charge is 0.330 e. The zero-order valence-corrected chi connectivity index (χ0v) is 14.8. The van der Waals surface area contributed by atoms with Crippen LogP contribution in [-0.2, 0) is 9.53 Å². The second-order valence-electron chi connectivity index (χ2n) is 5.91. The van der Waals surface area contributed by atoms with Gasteiger partial charge in [0.2, 0.25) is 0 Å². The molecule has 4 aliphatic heterocycles. The molecule has 4 heterocycles. The highest BCUT2D eigenvalue weighted by molar-refractivity contribution is 8.38. The van der Waals surface area contributed by atoms with E-state index >= 15 is 0 Å². The molecule has 4 bridgehead atoms. The summed E-state index contributed by atoms with van der Waals surface area (Å²) < 4.78 is 6.06. The number of carbonyl (C=O) groups excluding carboxylic acids is 1. The lowest BCUT2D eigenvalue weighted by Gasteiger charge is -2.68. The number of hydrogen-bond donors (Lipinski definition) is 0. The van der Waals surface area contributed by atoms with Gasteiger partial charge in [0.1, 0.15) is 14.3 Å². The Bertz CT molecular complexity index is 420. The Kier molecular flexibility index (Phi) is 3.12. The van der Waals surface area contributed by atoms with Crippen LogP contribution < -0.4 is 0 Å². The molecule has 0 radical (unpaired) electrons. The van der Waals surface area contributed by atoms with Gasteiger partial charge in [0.05, 0.1) is 8.16 Å². The number of carbonyl (C=O) groups is 1. The minimum Gasteiger partial charge on any atom is -0.454 e. The molecule has 0 spiro atoms. The van der Waals surface area contributed by atoms with Crippen LogP contribution in [0.15, 0.2) is 12.7 Å². The second kappa shape index (κ2) is 4.08. The highest BCUT2D eigenvalue weighted by Gasteiger charge is 2.71. The first-order valence-corrected chi connectivity index (χ1v) is 9.52. The van der Waals surface area contributed by atoms with Gasteiger partial charge in [-0.1, -0.05) is 6.58 Å². The quantitative estimate of drug-likeness (QED) is 0.551. The van der Waals surface area contributed by atoms with Crippen molar-refractivity contribution in [2.75, 3.05) is 0 Å². The van der Waals surface area contributed by atoms with Crippen molar-refractivity contribution in [3.63, 3.8) is 0 Å². The summed E-state index contributed by atoms with van der Waals surface area (Å²) in [5.41, 5.74) is 0. The molecule has 4 rings (SSSR count). The minimum atomic E-state index is -0.308. The summed E-state index contributed by atoms with van der Waals surface area (Å²) in [6.07, 6.45) is 2.38. The number of ether oxygens (including phenoxy) is 1. The van der Waals surface area contributed by atoms with E-state index in [9.17, 15) is 4.79 Å². The molecule has 4 saturated heterocycles. The van der Waals surface area contributed by atoms with E-state index in [2.05, 4.69) is 34.3 Å². The molecule has 106 valence electrons. The molecule has 19 heavy (non-hydrogen) atoms. The van der Waals surface area contributed by atoms with Gasteiger partial charge in [-0.15, -0.1) is 47.0 Å². The fourth-order valence-corrected chi connectivity index (χ4v) is 16.3. The number of hydrogen-bond acceptors (Lipinski definition) is 6. The van der Waals surface area contributed by atoms with Crippen molar-refractivity contribution in [3.8, 4) is 0 Å². The van der Waals surface area contributed by atoms with Gasteiger partial charge in [0, 0.05) is 6.08 Å². The van der Waals surface area contributed by atoms with Crippen LogP contribution in [0.2, 0.25) is 0 Å². The minimum absolute atomic E-state index is 0.0638. The highest BCUT2D eigenvalue weighted by Crippen LogP contribution is 2.81. The maximum Gasteiger partial charge on any atom is 0.330 e. The summed E-state index contributed by atoms with van der Waals surface area (Å²) in [5, 5.41) is 0. The van der Waals surface area contributed by atoms with Crippen molar-refractivity contribution in [2.45, 2.75) is 56.5 Å². The summed E-state index contributed by atoms with van der Waals surface area (Å²) in [6.45, 7) is 12.7. The van der Waals surface area contributed by atoms with Crippen molar-refractivity contribution in [1.82, 2.24) is 0 Å². The van der Waals surface area contributed by atoms with Gasteiger partial charge in [0.25, 0.3) is 0 Å². The molecule has 2 nitrogen and oxygen atoms in total. The molecule has 0 N–H and O–H groups in total. The van der Waals surface area contributed by atoms with Crippen molar-refractivity contribution in [1.29, 1.82) is 0 Å². The average Bonchev–Trinajstić information content (AvgIpc) is 2.17. The summed E-state index contributed by atoms with van der Waals surface area (Å²) in [6, 6.07) is 0. The fourth-order valence-electron chi connectivity index (χ4n) is 3.59. The largest absolute Gasteiger partial charge is 0.454 e. The molecule has 0 aromatic heterocycles. The zero-order chi connectivity index (χ0) is 14.1. The molecule has 0 aromatic carbocycles. The third-order valence-electron chi connectivity index (χ3n) is 3.67. The van der Waals surface area contributed by atoms with Gasteiger partial charge < -0.3 is 4.74 Å². The summed E-state index contributed by atoms with van der Waals surface area (Å²) in [7, 11) is 0. The van der Waals surface area contributed by atoms with Gasteiger partial charge in [-0.05, 0) is 34.1 Å². The SMILES string of the molecule is C=CC(=O)OC1C2(C)SC3(C)CC(C)(S2)SC1(C)S3. The third kappa shape index (κ3) is 2.17. The zero-order valence-electron chi connectivity index (χ0n) is 11.5. The molecule has 0 atom stereocenters. The van der Waals surface area contributed by atoms with Gasteiger partial charge in [-0.3, -0.25) is 0 Å². The lowest BCUT2D eigenvalue weighted by molar-refractivity contribution is -0.143. The Balaban J connectivity index is 2.00. The first-order chi connectivity index (χ1) is 8.62.